The lowest BCUT2D eigenvalue weighted by molar-refractivity contribution is 0.0793. The van der Waals surface area contributed by atoms with Gasteiger partial charge in [-0.25, -0.2) is 4.98 Å². The van der Waals surface area contributed by atoms with Crippen LogP contribution in [0.15, 0.2) is 18.3 Å². The first-order chi connectivity index (χ1) is 8.29. The van der Waals surface area contributed by atoms with Crippen LogP contribution in [0.5, 0.6) is 0 Å². The predicted octanol–water partition coefficient (Wildman–Crippen LogP) is 1.56. The van der Waals surface area contributed by atoms with Crippen molar-refractivity contribution in [3.63, 3.8) is 0 Å². The molecule has 1 aliphatic rings. The van der Waals surface area contributed by atoms with Gasteiger partial charge in [-0.1, -0.05) is 6.07 Å². The van der Waals surface area contributed by atoms with E-state index in [1.165, 1.54) is 0 Å². The Hall–Kier alpha value is -1.44. The minimum Gasteiger partial charge on any atom is -0.377 e. The molecule has 0 saturated carbocycles. The number of ether oxygens (including phenoxy) is 1. The number of pyridine rings is 1. The van der Waals surface area contributed by atoms with E-state index >= 15 is 0 Å². The molecule has 4 heteroatoms. The molecule has 0 bridgehead atoms. The van der Waals surface area contributed by atoms with E-state index < -0.39 is 0 Å². The first kappa shape index (κ1) is 12.0. The Labute approximate surface area is 102 Å². The second kappa shape index (κ2) is 5.76. The largest absolute Gasteiger partial charge is 0.377 e. The summed E-state index contributed by atoms with van der Waals surface area (Å²) in [5.41, 5.74) is 1.50. The van der Waals surface area contributed by atoms with Crippen molar-refractivity contribution in [3.05, 3.63) is 29.6 Å². The van der Waals surface area contributed by atoms with E-state index in [4.69, 9.17) is 10.00 Å². The highest BCUT2D eigenvalue weighted by Crippen LogP contribution is 2.14. The summed E-state index contributed by atoms with van der Waals surface area (Å²) in [4.78, 5) is 6.25. The molecule has 1 aliphatic heterocycles. The maximum Gasteiger partial charge on any atom is 0.144 e. The summed E-state index contributed by atoms with van der Waals surface area (Å²) >= 11 is 0. The number of rotatable bonds is 4. The van der Waals surface area contributed by atoms with E-state index in [2.05, 4.69) is 23.0 Å². The first-order valence-corrected chi connectivity index (χ1v) is 5.93. The molecule has 0 N–H and O–H groups in total. The molecule has 0 aliphatic carbocycles. The second-order valence-corrected chi connectivity index (χ2v) is 4.45. The number of nitrogens with zero attached hydrogens (tertiary/aromatic N) is 3. The third kappa shape index (κ3) is 3.26. The molecule has 2 heterocycles. The normalized spacial score (nSPS) is 19.5. The first-order valence-electron chi connectivity index (χ1n) is 5.93. The maximum absolute atomic E-state index is 8.96. The molecule has 2 rings (SSSR count). The van der Waals surface area contributed by atoms with Crippen LogP contribution in [0.3, 0.4) is 0 Å². The molecule has 1 saturated heterocycles. The molecule has 90 valence electrons. The van der Waals surface area contributed by atoms with E-state index in [-0.39, 0.29) is 0 Å². The van der Waals surface area contributed by atoms with Crippen LogP contribution in [0.4, 0.5) is 0 Å². The molecular weight excluding hydrogens is 214 g/mol. The van der Waals surface area contributed by atoms with Crippen LogP contribution >= 0.6 is 0 Å². The molecule has 1 atom stereocenters. The van der Waals surface area contributed by atoms with Gasteiger partial charge in [-0.15, -0.1) is 0 Å². The molecular formula is C13H17N3O. The zero-order valence-electron chi connectivity index (χ0n) is 10.1. The molecule has 0 aromatic carbocycles. The highest BCUT2D eigenvalue weighted by molar-refractivity contribution is 5.30. The maximum atomic E-state index is 8.96. The second-order valence-electron chi connectivity index (χ2n) is 4.45. The minimum absolute atomic E-state index is 0.349. The molecule has 0 radical (unpaired) electrons. The summed E-state index contributed by atoms with van der Waals surface area (Å²) in [5.74, 6) is 0. The quantitative estimate of drug-likeness (QED) is 0.789. The van der Waals surface area contributed by atoms with Crippen molar-refractivity contribution < 1.29 is 4.74 Å². The highest BCUT2D eigenvalue weighted by atomic mass is 16.5. The Morgan fingerprint density at radius 1 is 1.65 bits per heavy atom. The molecule has 1 unspecified atom stereocenters. The van der Waals surface area contributed by atoms with E-state index in [0.717, 1.165) is 38.1 Å². The minimum atomic E-state index is 0.349. The molecule has 0 spiro atoms. The van der Waals surface area contributed by atoms with Gasteiger partial charge >= 0.3 is 0 Å². The van der Waals surface area contributed by atoms with Crippen molar-refractivity contribution >= 4 is 0 Å². The van der Waals surface area contributed by atoms with Gasteiger partial charge in [-0.2, -0.15) is 5.26 Å². The van der Waals surface area contributed by atoms with Crippen LogP contribution in [0, 0.1) is 11.3 Å². The summed E-state index contributed by atoms with van der Waals surface area (Å²) in [5, 5.41) is 8.96. The summed E-state index contributed by atoms with van der Waals surface area (Å²) in [6, 6.07) is 5.95. The van der Waals surface area contributed by atoms with E-state index in [9.17, 15) is 0 Å². The highest BCUT2D eigenvalue weighted by Gasteiger charge is 2.17. The lowest BCUT2D eigenvalue weighted by atomic mass is 10.2. The molecule has 0 amide bonds. The number of nitriles is 1. The molecule has 1 aromatic rings. The molecule has 17 heavy (non-hydrogen) atoms. The predicted molar refractivity (Wildman–Crippen MR) is 64.3 cm³/mol. The smallest absolute Gasteiger partial charge is 0.144 e. The lowest BCUT2D eigenvalue weighted by Gasteiger charge is -2.20. The Morgan fingerprint density at radius 3 is 3.24 bits per heavy atom. The number of hydrogen-bond acceptors (Lipinski definition) is 4. The SMILES string of the molecule is CN(Cc1cccnc1C#N)CC1CCCO1. The van der Waals surface area contributed by atoms with Crippen LogP contribution in [-0.4, -0.2) is 36.2 Å². The third-order valence-corrected chi connectivity index (χ3v) is 2.98. The van der Waals surface area contributed by atoms with Crippen LogP contribution < -0.4 is 0 Å². The Kier molecular flexibility index (Phi) is 4.08. The van der Waals surface area contributed by atoms with Gasteiger partial charge < -0.3 is 4.74 Å². The standard InChI is InChI=1S/C13H17N3O/c1-16(10-12-5-3-7-17-12)9-11-4-2-6-15-13(11)8-14/h2,4,6,12H,3,5,7,9-10H2,1H3. The molecule has 1 aromatic heterocycles. The Bertz CT molecular complexity index is 407. The van der Waals surface area contributed by atoms with Crippen LogP contribution in [0.1, 0.15) is 24.1 Å². The zero-order chi connectivity index (χ0) is 12.1. The van der Waals surface area contributed by atoms with Gasteiger partial charge in [-0.3, -0.25) is 4.90 Å². The van der Waals surface area contributed by atoms with E-state index in [0.29, 0.717) is 11.8 Å². The fraction of sp³-hybridized carbons (Fsp3) is 0.538. The van der Waals surface area contributed by atoms with Crippen molar-refractivity contribution in [1.82, 2.24) is 9.88 Å². The van der Waals surface area contributed by atoms with Gasteiger partial charge in [0.1, 0.15) is 11.8 Å². The van der Waals surface area contributed by atoms with Gasteiger partial charge in [0.2, 0.25) is 0 Å². The number of aromatic nitrogens is 1. The van der Waals surface area contributed by atoms with Gasteiger partial charge in [0.05, 0.1) is 6.10 Å². The summed E-state index contributed by atoms with van der Waals surface area (Å²) in [6.45, 7) is 2.55. The van der Waals surface area contributed by atoms with Crippen LogP contribution in [0.25, 0.3) is 0 Å². The fourth-order valence-corrected chi connectivity index (χ4v) is 2.16. The Morgan fingerprint density at radius 2 is 2.53 bits per heavy atom. The van der Waals surface area contributed by atoms with Crippen LogP contribution in [0.2, 0.25) is 0 Å². The summed E-state index contributed by atoms with van der Waals surface area (Å²) in [6.07, 6.45) is 4.31. The third-order valence-electron chi connectivity index (χ3n) is 2.98. The Balaban J connectivity index is 1.93. The van der Waals surface area contributed by atoms with Gasteiger partial charge in [0, 0.05) is 31.5 Å². The number of likely N-dealkylation sites (N-methyl/N-ethyl adjacent to an activating group) is 1. The van der Waals surface area contributed by atoms with Crippen molar-refractivity contribution in [2.75, 3.05) is 20.2 Å². The topological polar surface area (TPSA) is 49.2 Å². The fourth-order valence-electron chi connectivity index (χ4n) is 2.16. The lowest BCUT2D eigenvalue weighted by Crippen LogP contribution is -2.28. The van der Waals surface area contributed by atoms with Gasteiger partial charge in [0.15, 0.2) is 0 Å². The summed E-state index contributed by atoms with van der Waals surface area (Å²) < 4.78 is 5.60. The van der Waals surface area contributed by atoms with E-state index in [1.54, 1.807) is 6.20 Å². The summed E-state index contributed by atoms with van der Waals surface area (Å²) in [7, 11) is 2.05. The van der Waals surface area contributed by atoms with Crippen molar-refractivity contribution in [2.45, 2.75) is 25.5 Å². The van der Waals surface area contributed by atoms with Crippen molar-refractivity contribution in [2.24, 2.45) is 0 Å². The zero-order valence-corrected chi connectivity index (χ0v) is 10.1. The van der Waals surface area contributed by atoms with Crippen molar-refractivity contribution in [3.8, 4) is 6.07 Å². The van der Waals surface area contributed by atoms with Gasteiger partial charge in [0.25, 0.3) is 0 Å². The average Bonchev–Trinajstić information content (AvgIpc) is 2.82. The van der Waals surface area contributed by atoms with E-state index in [1.807, 2.05) is 12.1 Å². The monoisotopic (exact) mass is 231 g/mol. The molecule has 4 nitrogen and oxygen atoms in total. The average molecular weight is 231 g/mol. The van der Waals surface area contributed by atoms with Crippen LogP contribution in [-0.2, 0) is 11.3 Å². The molecule has 1 fully saturated rings. The van der Waals surface area contributed by atoms with Gasteiger partial charge in [-0.05, 0) is 26.0 Å². The van der Waals surface area contributed by atoms with Crippen molar-refractivity contribution in [1.29, 1.82) is 5.26 Å². The number of hydrogen-bond donors (Lipinski definition) is 0.